The summed E-state index contributed by atoms with van der Waals surface area (Å²) in [6.07, 6.45) is 0.714. The lowest BCUT2D eigenvalue weighted by atomic mass is 10.3. The van der Waals surface area contributed by atoms with E-state index in [-0.39, 0.29) is 11.5 Å². The summed E-state index contributed by atoms with van der Waals surface area (Å²) in [6, 6.07) is 13.4. The third-order valence-corrected chi connectivity index (χ3v) is 2.46. The molecule has 0 aromatic heterocycles. The van der Waals surface area contributed by atoms with Crippen LogP contribution in [0.2, 0.25) is 0 Å². The number of hydrogen-bond donors (Lipinski definition) is 2. The van der Waals surface area contributed by atoms with E-state index >= 15 is 0 Å². The van der Waals surface area contributed by atoms with Crippen LogP contribution in [0.3, 0.4) is 0 Å². The van der Waals surface area contributed by atoms with E-state index in [4.69, 9.17) is 9.47 Å². The Morgan fingerprint density at radius 2 is 1.21 bits per heavy atom. The lowest BCUT2D eigenvalue weighted by Crippen LogP contribution is -2.04. The fraction of sp³-hybridized carbons (Fsp3) is 0.200. The standard InChI is InChI=1S/C15H16O4/c16-12-4-1-6-14(10-12)18-8-3-9-19-15-7-2-5-13(17)11-15/h1-2,4-7,10-11,16-17H,3,8-9H2. The fourth-order valence-electron chi connectivity index (χ4n) is 1.59. The minimum absolute atomic E-state index is 0.188. The molecule has 4 heteroatoms. The zero-order valence-electron chi connectivity index (χ0n) is 10.5. The molecule has 0 bridgehead atoms. The van der Waals surface area contributed by atoms with E-state index in [9.17, 15) is 10.2 Å². The molecule has 100 valence electrons. The molecule has 19 heavy (non-hydrogen) atoms. The topological polar surface area (TPSA) is 58.9 Å². The van der Waals surface area contributed by atoms with E-state index in [0.717, 1.165) is 0 Å². The van der Waals surface area contributed by atoms with Crippen molar-refractivity contribution in [1.82, 2.24) is 0 Å². The summed E-state index contributed by atoms with van der Waals surface area (Å²) in [5.41, 5.74) is 0. The van der Waals surface area contributed by atoms with Crippen molar-refractivity contribution in [3.63, 3.8) is 0 Å². The van der Waals surface area contributed by atoms with Gasteiger partial charge in [0.05, 0.1) is 13.2 Å². The Balaban J connectivity index is 1.67. The molecule has 2 aromatic rings. The Morgan fingerprint density at radius 1 is 0.737 bits per heavy atom. The number of phenols is 2. The number of ether oxygens (including phenoxy) is 2. The maximum Gasteiger partial charge on any atom is 0.122 e. The summed E-state index contributed by atoms with van der Waals surface area (Å²) in [6.45, 7) is 1.00. The van der Waals surface area contributed by atoms with Gasteiger partial charge in [-0.15, -0.1) is 0 Å². The van der Waals surface area contributed by atoms with Gasteiger partial charge in [0.15, 0.2) is 0 Å². The smallest absolute Gasteiger partial charge is 0.122 e. The predicted molar refractivity (Wildman–Crippen MR) is 71.8 cm³/mol. The molecule has 0 atom stereocenters. The van der Waals surface area contributed by atoms with E-state index in [0.29, 0.717) is 31.1 Å². The van der Waals surface area contributed by atoms with Gasteiger partial charge in [-0.2, -0.15) is 0 Å². The Bertz CT molecular complexity index is 478. The zero-order chi connectivity index (χ0) is 13.5. The van der Waals surface area contributed by atoms with Crippen LogP contribution in [-0.4, -0.2) is 23.4 Å². The molecule has 0 amide bonds. The average molecular weight is 260 g/mol. The molecular weight excluding hydrogens is 244 g/mol. The van der Waals surface area contributed by atoms with Crippen LogP contribution in [0.5, 0.6) is 23.0 Å². The molecule has 2 N–H and O–H groups in total. The first-order chi connectivity index (χ1) is 9.24. The Kier molecular flexibility index (Phi) is 4.50. The Morgan fingerprint density at radius 3 is 1.63 bits per heavy atom. The van der Waals surface area contributed by atoms with Crippen LogP contribution in [0, 0.1) is 0 Å². The molecule has 0 aliphatic heterocycles. The Labute approximate surface area is 111 Å². The first kappa shape index (κ1) is 13.1. The molecule has 2 rings (SSSR count). The lowest BCUT2D eigenvalue weighted by Gasteiger charge is -2.08. The predicted octanol–water partition coefficient (Wildman–Crippen LogP) is 2.95. The van der Waals surface area contributed by atoms with E-state index < -0.39 is 0 Å². The average Bonchev–Trinajstić information content (AvgIpc) is 2.38. The van der Waals surface area contributed by atoms with Crippen LogP contribution >= 0.6 is 0 Å². The van der Waals surface area contributed by atoms with Crippen LogP contribution in [0.1, 0.15) is 6.42 Å². The summed E-state index contributed by atoms with van der Waals surface area (Å²) >= 11 is 0. The van der Waals surface area contributed by atoms with Gasteiger partial charge in [-0.3, -0.25) is 0 Å². The highest BCUT2D eigenvalue weighted by Crippen LogP contribution is 2.19. The molecule has 0 aliphatic rings. The highest BCUT2D eigenvalue weighted by molar-refractivity contribution is 5.32. The largest absolute Gasteiger partial charge is 0.508 e. The third-order valence-electron chi connectivity index (χ3n) is 2.46. The summed E-state index contributed by atoms with van der Waals surface area (Å²) < 4.78 is 10.9. The van der Waals surface area contributed by atoms with Gasteiger partial charge >= 0.3 is 0 Å². The van der Waals surface area contributed by atoms with Gasteiger partial charge in [-0.1, -0.05) is 12.1 Å². The monoisotopic (exact) mass is 260 g/mol. The second-order valence-electron chi connectivity index (χ2n) is 4.05. The van der Waals surface area contributed by atoms with Gasteiger partial charge in [0, 0.05) is 18.6 Å². The molecule has 0 unspecified atom stereocenters. The molecule has 0 saturated carbocycles. The van der Waals surface area contributed by atoms with Crippen LogP contribution in [0.4, 0.5) is 0 Å². The van der Waals surface area contributed by atoms with E-state index in [1.807, 2.05) is 0 Å². The number of benzene rings is 2. The summed E-state index contributed by atoms with van der Waals surface area (Å²) in [5.74, 6) is 1.65. The molecule has 0 saturated heterocycles. The molecule has 0 aliphatic carbocycles. The van der Waals surface area contributed by atoms with Crippen LogP contribution < -0.4 is 9.47 Å². The second kappa shape index (κ2) is 6.54. The van der Waals surface area contributed by atoms with Crippen molar-refractivity contribution in [3.8, 4) is 23.0 Å². The molecule has 0 spiro atoms. The number of hydrogen-bond acceptors (Lipinski definition) is 4. The first-order valence-corrected chi connectivity index (χ1v) is 6.08. The van der Waals surface area contributed by atoms with Crippen molar-refractivity contribution in [2.45, 2.75) is 6.42 Å². The van der Waals surface area contributed by atoms with Gasteiger partial charge in [0.2, 0.25) is 0 Å². The number of aromatic hydroxyl groups is 2. The molecule has 0 fully saturated rings. The maximum absolute atomic E-state index is 9.26. The van der Waals surface area contributed by atoms with E-state index in [1.165, 1.54) is 0 Å². The molecule has 4 nitrogen and oxygen atoms in total. The maximum atomic E-state index is 9.26. The van der Waals surface area contributed by atoms with Crippen LogP contribution in [0.15, 0.2) is 48.5 Å². The highest BCUT2D eigenvalue weighted by Gasteiger charge is 1.97. The van der Waals surface area contributed by atoms with Crippen molar-refractivity contribution in [2.75, 3.05) is 13.2 Å². The summed E-state index contributed by atoms with van der Waals surface area (Å²) in [4.78, 5) is 0. The summed E-state index contributed by atoms with van der Waals surface area (Å²) in [7, 11) is 0. The van der Waals surface area contributed by atoms with Crippen LogP contribution in [0.25, 0.3) is 0 Å². The molecular formula is C15H16O4. The van der Waals surface area contributed by atoms with E-state index in [1.54, 1.807) is 48.5 Å². The van der Waals surface area contributed by atoms with Gasteiger partial charge < -0.3 is 19.7 Å². The van der Waals surface area contributed by atoms with Crippen LogP contribution in [-0.2, 0) is 0 Å². The second-order valence-corrected chi connectivity index (χ2v) is 4.05. The minimum Gasteiger partial charge on any atom is -0.508 e. The number of phenolic OH excluding ortho intramolecular Hbond substituents is 2. The van der Waals surface area contributed by atoms with Gasteiger partial charge in [0.1, 0.15) is 23.0 Å². The zero-order valence-corrected chi connectivity index (χ0v) is 10.5. The van der Waals surface area contributed by atoms with Gasteiger partial charge in [0.25, 0.3) is 0 Å². The fourth-order valence-corrected chi connectivity index (χ4v) is 1.59. The quantitative estimate of drug-likeness (QED) is 0.784. The van der Waals surface area contributed by atoms with Crippen molar-refractivity contribution in [3.05, 3.63) is 48.5 Å². The van der Waals surface area contributed by atoms with Crippen molar-refractivity contribution >= 4 is 0 Å². The number of rotatable bonds is 6. The van der Waals surface area contributed by atoms with Gasteiger partial charge in [-0.25, -0.2) is 0 Å². The lowest BCUT2D eigenvalue weighted by molar-refractivity contribution is 0.246. The molecule has 0 heterocycles. The normalized spacial score (nSPS) is 10.1. The Hall–Kier alpha value is -2.36. The van der Waals surface area contributed by atoms with Crippen molar-refractivity contribution in [1.29, 1.82) is 0 Å². The minimum atomic E-state index is 0.188. The summed E-state index contributed by atoms with van der Waals surface area (Å²) in [5, 5.41) is 18.5. The van der Waals surface area contributed by atoms with Crippen molar-refractivity contribution < 1.29 is 19.7 Å². The SMILES string of the molecule is Oc1cccc(OCCCOc2cccc(O)c2)c1. The third kappa shape index (κ3) is 4.43. The highest BCUT2D eigenvalue weighted by atomic mass is 16.5. The van der Waals surface area contributed by atoms with E-state index in [2.05, 4.69) is 0 Å². The first-order valence-electron chi connectivity index (χ1n) is 6.08. The molecule has 0 radical (unpaired) electrons. The molecule has 2 aromatic carbocycles. The van der Waals surface area contributed by atoms with Gasteiger partial charge in [-0.05, 0) is 24.3 Å². The van der Waals surface area contributed by atoms with Crippen molar-refractivity contribution in [2.24, 2.45) is 0 Å².